The van der Waals surface area contributed by atoms with Crippen molar-refractivity contribution in [3.05, 3.63) is 48.8 Å². The second kappa shape index (κ2) is 10.2. The summed E-state index contributed by atoms with van der Waals surface area (Å²) in [5.41, 5.74) is 5.87. The Hall–Kier alpha value is -3.26. The first-order valence-electron chi connectivity index (χ1n) is 12.8. The van der Waals surface area contributed by atoms with Gasteiger partial charge < -0.3 is 19.4 Å². The zero-order valence-electron chi connectivity index (χ0n) is 21.1. The molecule has 1 amide bonds. The number of amides is 1. The molecule has 186 valence electrons. The molecule has 8 heteroatoms. The van der Waals surface area contributed by atoms with Crippen molar-refractivity contribution in [1.82, 2.24) is 19.4 Å². The molecule has 0 saturated carbocycles. The maximum absolute atomic E-state index is 12.0. The van der Waals surface area contributed by atoms with Gasteiger partial charge in [0.15, 0.2) is 0 Å². The molecule has 0 radical (unpaired) electrons. The second-order valence-corrected chi connectivity index (χ2v) is 9.61. The molecule has 0 atom stereocenters. The van der Waals surface area contributed by atoms with Gasteiger partial charge in [-0.1, -0.05) is 12.1 Å². The number of hydrogen-bond acceptors (Lipinski definition) is 6. The predicted molar refractivity (Wildman–Crippen MR) is 140 cm³/mol. The Kier molecular flexibility index (Phi) is 6.81. The fourth-order valence-corrected chi connectivity index (χ4v) is 5.13. The smallest absolute Gasteiger partial charge is 0.409 e. The molecule has 2 aromatic heterocycles. The van der Waals surface area contributed by atoms with Gasteiger partial charge in [0.2, 0.25) is 0 Å². The number of aromatic nitrogens is 2. The van der Waals surface area contributed by atoms with Crippen LogP contribution in [0.4, 0.5) is 16.2 Å². The predicted octanol–water partition coefficient (Wildman–Crippen LogP) is 3.81. The normalized spacial score (nSPS) is 17.4. The average molecular weight is 477 g/mol. The van der Waals surface area contributed by atoms with E-state index in [-0.39, 0.29) is 6.09 Å². The standard InChI is InChI=1S/C27H36N6O2/c1-4-35-27(34)32-17-15-31(16-18-32)25-9-10-28-33-20-23(19-26(25)33)22-5-7-24(8-6-22)30-13-11-29(12-14-30)21(2)3/h5-10,19-21H,4,11-18H2,1-3H3. The molecule has 1 aromatic carbocycles. The van der Waals surface area contributed by atoms with Gasteiger partial charge in [-0.05, 0) is 50.6 Å². The maximum atomic E-state index is 12.0. The lowest BCUT2D eigenvalue weighted by atomic mass is 10.1. The molecule has 0 bridgehead atoms. The summed E-state index contributed by atoms with van der Waals surface area (Å²) in [6.45, 7) is 14.1. The minimum absolute atomic E-state index is 0.220. The van der Waals surface area contributed by atoms with Crippen LogP contribution >= 0.6 is 0 Å². The van der Waals surface area contributed by atoms with E-state index in [1.807, 2.05) is 17.6 Å². The van der Waals surface area contributed by atoms with E-state index < -0.39 is 0 Å². The highest BCUT2D eigenvalue weighted by atomic mass is 16.6. The number of benzene rings is 1. The SMILES string of the molecule is CCOC(=O)N1CCN(c2ccnn3cc(-c4ccc(N5CCN(C(C)C)CC5)cc4)cc23)CC1. The molecule has 4 heterocycles. The van der Waals surface area contributed by atoms with Gasteiger partial charge in [-0.25, -0.2) is 9.31 Å². The number of hydrogen-bond donors (Lipinski definition) is 0. The lowest BCUT2D eigenvalue weighted by Crippen LogP contribution is -2.49. The van der Waals surface area contributed by atoms with Crippen molar-refractivity contribution in [2.24, 2.45) is 0 Å². The first-order chi connectivity index (χ1) is 17.0. The molecule has 2 fully saturated rings. The molecule has 2 saturated heterocycles. The lowest BCUT2D eigenvalue weighted by Gasteiger charge is -2.38. The van der Waals surface area contributed by atoms with E-state index in [2.05, 4.69) is 76.2 Å². The van der Waals surface area contributed by atoms with Crippen molar-refractivity contribution in [3.63, 3.8) is 0 Å². The quantitative estimate of drug-likeness (QED) is 0.558. The summed E-state index contributed by atoms with van der Waals surface area (Å²) in [7, 11) is 0. The molecular formula is C27H36N6O2. The van der Waals surface area contributed by atoms with Crippen LogP contribution in [0.2, 0.25) is 0 Å². The lowest BCUT2D eigenvalue weighted by molar-refractivity contribution is 0.105. The Morgan fingerprint density at radius 3 is 2.26 bits per heavy atom. The zero-order chi connectivity index (χ0) is 24.4. The number of piperazine rings is 2. The minimum Gasteiger partial charge on any atom is -0.450 e. The molecule has 0 aliphatic carbocycles. The first-order valence-corrected chi connectivity index (χ1v) is 12.8. The van der Waals surface area contributed by atoms with Gasteiger partial charge in [-0.3, -0.25) is 4.90 Å². The monoisotopic (exact) mass is 476 g/mol. The number of carbonyl (C=O) groups is 1. The highest BCUT2D eigenvalue weighted by molar-refractivity contribution is 5.80. The molecule has 0 N–H and O–H groups in total. The van der Waals surface area contributed by atoms with Crippen LogP contribution in [0.3, 0.4) is 0 Å². The summed E-state index contributed by atoms with van der Waals surface area (Å²) in [5.74, 6) is 0. The Labute approximate surface area is 207 Å². The van der Waals surface area contributed by atoms with Crippen molar-refractivity contribution in [2.75, 3.05) is 68.8 Å². The third-order valence-electron chi connectivity index (χ3n) is 7.24. The van der Waals surface area contributed by atoms with Crippen molar-refractivity contribution >= 4 is 23.0 Å². The van der Waals surface area contributed by atoms with E-state index in [4.69, 9.17) is 4.74 Å². The van der Waals surface area contributed by atoms with E-state index in [0.717, 1.165) is 56.0 Å². The topological polar surface area (TPSA) is 56.6 Å². The molecule has 5 rings (SSSR count). The van der Waals surface area contributed by atoms with Crippen molar-refractivity contribution in [2.45, 2.75) is 26.8 Å². The van der Waals surface area contributed by atoms with Gasteiger partial charge in [0.05, 0.1) is 17.8 Å². The fraction of sp³-hybridized carbons (Fsp3) is 0.481. The van der Waals surface area contributed by atoms with Crippen molar-refractivity contribution in [3.8, 4) is 11.1 Å². The number of rotatable bonds is 5. The Bertz CT molecular complexity index is 1140. The van der Waals surface area contributed by atoms with Crippen LogP contribution < -0.4 is 9.80 Å². The molecular weight excluding hydrogens is 440 g/mol. The van der Waals surface area contributed by atoms with Gasteiger partial charge in [-0.15, -0.1) is 0 Å². The van der Waals surface area contributed by atoms with Crippen LogP contribution in [0, 0.1) is 0 Å². The highest BCUT2D eigenvalue weighted by Crippen LogP contribution is 2.30. The highest BCUT2D eigenvalue weighted by Gasteiger charge is 2.24. The number of nitrogens with zero attached hydrogens (tertiary/aromatic N) is 6. The molecule has 0 spiro atoms. The molecule has 8 nitrogen and oxygen atoms in total. The molecule has 0 unspecified atom stereocenters. The van der Waals surface area contributed by atoms with E-state index in [1.165, 1.54) is 11.3 Å². The van der Waals surface area contributed by atoms with Gasteiger partial charge >= 0.3 is 6.09 Å². The Morgan fingerprint density at radius 1 is 0.914 bits per heavy atom. The summed E-state index contributed by atoms with van der Waals surface area (Å²) in [4.78, 5) is 21.2. The third kappa shape index (κ3) is 4.93. The van der Waals surface area contributed by atoms with Crippen LogP contribution in [-0.4, -0.2) is 90.5 Å². The Morgan fingerprint density at radius 2 is 1.60 bits per heavy atom. The summed E-state index contributed by atoms with van der Waals surface area (Å²) in [6, 6.07) is 13.8. The van der Waals surface area contributed by atoms with Gasteiger partial charge in [-0.2, -0.15) is 5.10 Å². The van der Waals surface area contributed by atoms with Gasteiger partial charge in [0.25, 0.3) is 0 Å². The third-order valence-corrected chi connectivity index (χ3v) is 7.24. The Balaban J connectivity index is 1.29. The van der Waals surface area contributed by atoms with Crippen LogP contribution in [-0.2, 0) is 4.74 Å². The summed E-state index contributed by atoms with van der Waals surface area (Å²) >= 11 is 0. The molecule has 2 aliphatic heterocycles. The molecule has 3 aromatic rings. The summed E-state index contributed by atoms with van der Waals surface area (Å²) < 4.78 is 7.11. The van der Waals surface area contributed by atoms with Crippen LogP contribution in [0.5, 0.6) is 0 Å². The number of ether oxygens (including phenoxy) is 1. The van der Waals surface area contributed by atoms with Gasteiger partial charge in [0.1, 0.15) is 0 Å². The first kappa shape index (κ1) is 23.5. The number of anilines is 2. The van der Waals surface area contributed by atoms with E-state index in [0.29, 0.717) is 25.7 Å². The number of fused-ring (bicyclic) bond motifs is 1. The number of carbonyl (C=O) groups excluding carboxylic acids is 1. The van der Waals surface area contributed by atoms with Crippen LogP contribution in [0.15, 0.2) is 48.8 Å². The maximum Gasteiger partial charge on any atom is 0.409 e. The molecule has 2 aliphatic rings. The van der Waals surface area contributed by atoms with Crippen molar-refractivity contribution in [1.29, 1.82) is 0 Å². The van der Waals surface area contributed by atoms with Crippen molar-refractivity contribution < 1.29 is 9.53 Å². The minimum atomic E-state index is -0.220. The van der Waals surface area contributed by atoms with Crippen LogP contribution in [0.1, 0.15) is 20.8 Å². The zero-order valence-corrected chi connectivity index (χ0v) is 21.1. The van der Waals surface area contributed by atoms with E-state index >= 15 is 0 Å². The van der Waals surface area contributed by atoms with Crippen LogP contribution in [0.25, 0.3) is 16.6 Å². The summed E-state index contributed by atoms with van der Waals surface area (Å²) in [6.07, 6.45) is 3.73. The van der Waals surface area contributed by atoms with E-state index in [1.54, 1.807) is 4.90 Å². The summed E-state index contributed by atoms with van der Waals surface area (Å²) in [5, 5.41) is 4.56. The fourth-order valence-electron chi connectivity index (χ4n) is 5.13. The molecule has 35 heavy (non-hydrogen) atoms. The average Bonchev–Trinajstić information content (AvgIpc) is 3.34. The second-order valence-electron chi connectivity index (χ2n) is 9.61. The van der Waals surface area contributed by atoms with E-state index in [9.17, 15) is 4.79 Å². The van der Waals surface area contributed by atoms with Gasteiger partial charge in [0, 0.05) is 82.0 Å². The largest absolute Gasteiger partial charge is 0.450 e.